The van der Waals surface area contributed by atoms with Crippen LogP contribution < -0.4 is 10.6 Å². The van der Waals surface area contributed by atoms with Crippen LogP contribution in [0.25, 0.3) is 33.4 Å². The van der Waals surface area contributed by atoms with E-state index in [2.05, 4.69) is 20.6 Å². The van der Waals surface area contributed by atoms with Gasteiger partial charge in [0, 0.05) is 56.1 Å². The average molecular weight is 611 g/mol. The van der Waals surface area contributed by atoms with Crippen LogP contribution in [-0.4, -0.2) is 41.5 Å². The number of hydrogen-bond acceptors (Lipinski definition) is 6. The fourth-order valence-electron chi connectivity index (χ4n) is 6.21. The number of hydrogen-bond donors (Lipinski definition) is 2. The Morgan fingerprint density at radius 1 is 0.956 bits per heavy atom. The molecule has 1 aliphatic carbocycles. The second-order valence-corrected chi connectivity index (χ2v) is 11.8. The van der Waals surface area contributed by atoms with Crippen LogP contribution >= 0.6 is 0 Å². The maximum absolute atomic E-state index is 16.5. The maximum Gasteiger partial charge on any atom is 0.255 e. The molecule has 0 atom stereocenters. The summed E-state index contributed by atoms with van der Waals surface area (Å²) in [6.07, 6.45) is 4.00. The molecule has 8 nitrogen and oxygen atoms in total. The van der Waals surface area contributed by atoms with Crippen molar-refractivity contribution in [1.29, 1.82) is 0 Å². The number of ether oxygens (including phenoxy) is 1. The van der Waals surface area contributed by atoms with Crippen LogP contribution in [0.2, 0.25) is 0 Å². The van der Waals surface area contributed by atoms with Crippen LogP contribution in [0, 0.1) is 25.5 Å². The highest BCUT2D eigenvalue weighted by Gasteiger charge is 2.56. The van der Waals surface area contributed by atoms with E-state index in [9.17, 15) is 9.59 Å². The number of carbonyl (C=O) groups is 2. The van der Waals surface area contributed by atoms with E-state index in [-0.39, 0.29) is 44.5 Å². The molecule has 0 radical (unpaired) electrons. The van der Waals surface area contributed by atoms with E-state index in [1.807, 2.05) is 26.0 Å². The SMILES string of the molecule is CNC(=O)c1c(-c2ccc(C)cc2)oc2ccc(-c3cc(C(=O)NC4(c5ncccn5)CC(C)(OC)C4)cc(F)c3C)c(F)c12. The molecule has 3 aromatic carbocycles. The van der Waals surface area contributed by atoms with Gasteiger partial charge in [0.15, 0.2) is 5.82 Å². The predicted octanol–water partition coefficient (Wildman–Crippen LogP) is 6.64. The lowest BCUT2D eigenvalue weighted by Gasteiger charge is -2.52. The summed E-state index contributed by atoms with van der Waals surface area (Å²) in [5, 5.41) is 5.54. The van der Waals surface area contributed by atoms with Crippen LogP contribution in [0.5, 0.6) is 0 Å². The van der Waals surface area contributed by atoms with Gasteiger partial charge in [-0.2, -0.15) is 0 Å². The Bertz CT molecular complexity index is 1950. The van der Waals surface area contributed by atoms with Gasteiger partial charge in [0.2, 0.25) is 0 Å². The topological polar surface area (TPSA) is 106 Å². The van der Waals surface area contributed by atoms with E-state index in [1.54, 1.807) is 43.8 Å². The molecule has 1 fully saturated rings. The molecule has 230 valence electrons. The first-order chi connectivity index (χ1) is 21.5. The zero-order valence-corrected chi connectivity index (χ0v) is 25.5. The molecule has 2 heterocycles. The van der Waals surface area contributed by atoms with Crippen molar-refractivity contribution in [2.75, 3.05) is 14.2 Å². The first-order valence-corrected chi connectivity index (χ1v) is 14.5. The second-order valence-electron chi connectivity index (χ2n) is 11.8. The molecule has 2 amide bonds. The van der Waals surface area contributed by atoms with E-state index in [0.29, 0.717) is 24.2 Å². The number of rotatable bonds is 7. The Morgan fingerprint density at radius 2 is 1.64 bits per heavy atom. The first kappa shape index (κ1) is 30.1. The molecule has 5 aromatic rings. The Balaban J connectivity index is 1.44. The summed E-state index contributed by atoms with van der Waals surface area (Å²) >= 11 is 0. The van der Waals surface area contributed by atoms with Crippen molar-refractivity contribution >= 4 is 22.8 Å². The van der Waals surface area contributed by atoms with E-state index in [0.717, 1.165) is 11.6 Å². The molecular weight excluding hydrogens is 578 g/mol. The van der Waals surface area contributed by atoms with E-state index < -0.39 is 34.6 Å². The molecule has 2 aromatic heterocycles. The molecule has 45 heavy (non-hydrogen) atoms. The largest absolute Gasteiger partial charge is 0.455 e. The number of aromatic nitrogens is 2. The van der Waals surface area contributed by atoms with Gasteiger partial charge in [-0.1, -0.05) is 29.8 Å². The van der Waals surface area contributed by atoms with E-state index in [4.69, 9.17) is 9.15 Å². The number of furan rings is 1. The smallest absolute Gasteiger partial charge is 0.255 e. The molecular formula is C35H32F2N4O4. The third-order valence-corrected chi connectivity index (χ3v) is 8.65. The standard InChI is InChI=1S/C35H32F2N4O4/c1-19-7-9-21(10-8-19)30-28(32(43)38-4)27-26(45-30)12-11-23(29(27)37)24-15-22(16-25(36)20(24)2)31(42)41-35(17-34(3,18-35)44-5)33-39-13-6-14-40-33/h6-16H,17-18H2,1-5H3,(H,38,43)(H,41,42). The lowest BCUT2D eigenvalue weighted by Crippen LogP contribution is -2.63. The van der Waals surface area contributed by atoms with Gasteiger partial charge < -0.3 is 19.8 Å². The number of aryl methyl sites for hydroxylation is 1. The van der Waals surface area contributed by atoms with Gasteiger partial charge in [-0.25, -0.2) is 18.7 Å². The summed E-state index contributed by atoms with van der Waals surface area (Å²) in [6.45, 7) is 5.37. The van der Waals surface area contributed by atoms with Gasteiger partial charge in [-0.15, -0.1) is 0 Å². The minimum atomic E-state index is -0.930. The van der Waals surface area contributed by atoms with Gasteiger partial charge in [-0.05, 0) is 62.2 Å². The molecule has 0 unspecified atom stereocenters. The fourth-order valence-corrected chi connectivity index (χ4v) is 6.21. The van der Waals surface area contributed by atoms with Crippen LogP contribution in [0.1, 0.15) is 57.4 Å². The van der Waals surface area contributed by atoms with Gasteiger partial charge in [-0.3, -0.25) is 9.59 Å². The zero-order chi connectivity index (χ0) is 32.1. The lowest BCUT2D eigenvalue weighted by molar-refractivity contribution is -0.116. The normalized spacial score (nSPS) is 19.3. The number of methoxy groups -OCH3 is 1. The number of halogens is 2. The summed E-state index contributed by atoms with van der Waals surface area (Å²) in [6, 6.07) is 14.6. The highest BCUT2D eigenvalue weighted by molar-refractivity contribution is 6.12. The quantitative estimate of drug-likeness (QED) is 0.214. The summed E-state index contributed by atoms with van der Waals surface area (Å²) in [5.74, 6) is -1.92. The molecule has 2 N–H and O–H groups in total. The van der Waals surface area contributed by atoms with Gasteiger partial charge in [0.05, 0.1) is 16.6 Å². The predicted molar refractivity (Wildman–Crippen MR) is 166 cm³/mol. The molecule has 0 bridgehead atoms. The zero-order valence-electron chi connectivity index (χ0n) is 25.5. The number of nitrogens with one attached hydrogen (secondary N) is 2. The number of fused-ring (bicyclic) bond motifs is 1. The van der Waals surface area contributed by atoms with Gasteiger partial charge in [0.25, 0.3) is 11.8 Å². The van der Waals surface area contributed by atoms with Crippen molar-refractivity contribution in [3.05, 3.63) is 107 Å². The third-order valence-electron chi connectivity index (χ3n) is 8.65. The minimum Gasteiger partial charge on any atom is -0.455 e. The monoisotopic (exact) mass is 610 g/mol. The van der Waals surface area contributed by atoms with E-state index >= 15 is 8.78 Å². The van der Waals surface area contributed by atoms with Crippen LogP contribution in [0.15, 0.2) is 71.4 Å². The number of nitrogens with zero attached hydrogens (tertiary/aromatic N) is 2. The molecule has 1 aliphatic rings. The van der Waals surface area contributed by atoms with Crippen molar-refractivity contribution in [2.24, 2.45) is 0 Å². The highest BCUT2D eigenvalue weighted by atomic mass is 19.1. The molecule has 0 saturated heterocycles. The molecule has 10 heteroatoms. The summed E-state index contributed by atoms with van der Waals surface area (Å²) in [5.41, 5.74) is 0.699. The van der Waals surface area contributed by atoms with Gasteiger partial charge in [0.1, 0.15) is 28.5 Å². The Morgan fingerprint density at radius 3 is 2.29 bits per heavy atom. The summed E-state index contributed by atoms with van der Waals surface area (Å²) < 4.78 is 43.6. The fraction of sp³-hybridized carbons (Fsp3) is 0.257. The number of amides is 2. The number of benzene rings is 3. The number of carbonyl (C=O) groups excluding carboxylic acids is 2. The Hall–Kier alpha value is -4.96. The summed E-state index contributed by atoms with van der Waals surface area (Å²) in [4.78, 5) is 35.5. The Kier molecular flexibility index (Phi) is 7.48. The van der Waals surface area contributed by atoms with Crippen LogP contribution in [0.4, 0.5) is 8.78 Å². The summed E-state index contributed by atoms with van der Waals surface area (Å²) in [7, 11) is 3.05. The maximum atomic E-state index is 16.5. The molecule has 6 rings (SSSR count). The highest BCUT2D eigenvalue weighted by Crippen LogP contribution is 2.49. The molecule has 0 spiro atoms. The van der Waals surface area contributed by atoms with Crippen molar-refractivity contribution in [3.8, 4) is 22.5 Å². The molecule has 0 aliphatic heterocycles. The lowest BCUT2D eigenvalue weighted by atomic mass is 9.65. The third kappa shape index (κ3) is 5.14. The van der Waals surface area contributed by atoms with Crippen LogP contribution in [0.3, 0.4) is 0 Å². The van der Waals surface area contributed by atoms with Crippen molar-refractivity contribution in [1.82, 2.24) is 20.6 Å². The van der Waals surface area contributed by atoms with Crippen LogP contribution in [-0.2, 0) is 10.3 Å². The Labute approximate surface area is 258 Å². The minimum absolute atomic E-state index is 0.00649. The van der Waals surface area contributed by atoms with Crippen molar-refractivity contribution in [3.63, 3.8) is 0 Å². The second kappa shape index (κ2) is 11.2. The first-order valence-electron chi connectivity index (χ1n) is 14.5. The average Bonchev–Trinajstić information content (AvgIpc) is 3.42. The molecule has 1 saturated carbocycles. The van der Waals surface area contributed by atoms with Crippen molar-refractivity contribution in [2.45, 2.75) is 44.8 Å². The van der Waals surface area contributed by atoms with Gasteiger partial charge >= 0.3 is 0 Å². The van der Waals surface area contributed by atoms with E-state index in [1.165, 1.54) is 26.1 Å². The van der Waals surface area contributed by atoms with Crippen molar-refractivity contribution < 1.29 is 27.5 Å².